The number of carboxylic acid groups (broad SMARTS) is 1. The Morgan fingerprint density at radius 1 is 1.50 bits per heavy atom. The average molecular weight is 362 g/mol. The maximum Gasteiger partial charge on any atom is 0.352 e. The largest absolute Gasteiger partial charge is 0.477 e. The first-order chi connectivity index (χ1) is 8.56. The Hall–Kier alpha value is -0.560. The molecule has 4 nitrogen and oxygen atoms in total. The number of carboxylic acids is 1. The molecule has 1 N–H and O–H groups in total. The van der Waals surface area contributed by atoms with Crippen LogP contribution in [0.5, 0.6) is 0 Å². The number of halogens is 1. The first-order valence-corrected chi connectivity index (χ1v) is 7.41. The number of piperidine rings is 1. The van der Waals surface area contributed by atoms with E-state index in [0.29, 0.717) is 5.69 Å². The molecule has 18 heavy (non-hydrogen) atoms. The number of nitrogens with zero attached hydrogens (tertiary/aromatic N) is 2. The van der Waals surface area contributed by atoms with Gasteiger partial charge in [0.1, 0.15) is 5.69 Å². The van der Waals surface area contributed by atoms with E-state index in [1.165, 1.54) is 25.9 Å². The number of aryl methyl sites for hydroxylation is 1. The Morgan fingerprint density at radius 3 is 2.78 bits per heavy atom. The molecule has 0 spiro atoms. The summed E-state index contributed by atoms with van der Waals surface area (Å²) in [5, 5.41) is 9.12. The SMILES string of the molecule is CN1CCC(CCn2cc(I)cc2C(=O)O)CC1. The summed E-state index contributed by atoms with van der Waals surface area (Å²) < 4.78 is 2.87. The fraction of sp³-hybridized carbons (Fsp3) is 0.615. The van der Waals surface area contributed by atoms with Gasteiger partial charge >= 0.3 is 5.97 Å². The van der Waals surface area contributed by atoms with Crippen LogP contribution >= 0.6 is 22.6 Å². The highest BCUT2D eigenvalue weighted by atomic mass is 127. The van der Waals surface area contributed by atoms with Crippen LogP contribution in [0.4, 0.5) is 0 Å². The van der Waals surface area contributed by atoms with E-state index in [4.69, 9.17) is 5.11 Å². The van der Waals surface area contributed by atoms with Crippen LogP contribution in [-0.2, 0) is 6.54 Å². The van der Waals surface area contributed by atoms with Crippen molar-refractivity contribution < 1.29 is 9.90 Å². The van der Waals surface area contributed by atoms with Gasteiger partial charge in [0.25, 0.3) is 0 Å². The third-order valence-corrected chi connectivity index (χ3v) is 4.29. The predicted molar refractivity (Wildman–Crippen MR) is 78.9 cm³/mol. The molecule has 2 heterocycles. The van der Waals surface area contributed by atoms with E-state index in [9.17, 15) is 4.79 Å². The smallest absolute Gasteiger partial charge is 0.352 e. The number of rotatable bonds is 4. The molecule has 1 saturated heterocycles. The zero-order valence-electron chi connectivity index (χ0n) is 10.6. The van der Waals surface area contributed by atoms with Gasteiger partial charge < -0.3 is 14.6 Å². The van der Waals surface area contributed by atoms with Crippen molar-refractivity contribution in [3.05, 3.63) is 21.5 Å². The molecule has 0 aromatic carbocycles. The molecule has 1 aromatic rings. The van der Waals surface area contributed by atoms with Gasteiger partial charge in [0.2, 0.25) is 0 Å². The standard InChI is InChI=1S/C13H19IN2O2/c1-15-5-2-10(3-6-15)4-7-16-9-11(14)8-12(16)13(17)18/h8-10H,2-7H2,1H3,(H,17,18). The topological polar surface area (TPSA) is 45.5 Å². The summed E-state index contributed by atoms with van der Waals surface area (Å²) >= 11 is 2.17. The fourth-order valence-corrected chi connectivity index (χ4v) is 3.14. The van der Waals surface area contributed by atoms with Gasteiger partial charge in [-0.25, -0.2) is 4.79 Å². The van der Waals surface area contributed by atoms with Crippen LogP contribution in [-0.4, -0.2) is 40.7 Å². The van der Waals surface area contributed by atoms with E-state index in [-0.39, 0.29) is 0 Å². The minimum Gasteiger partial charge on any atom is -0.477 e. The van der Waals surface area contributed by atoms with Gasteiger partial charge in [-0.1, -0.05) is 0 Å². The van der Waals surface area contributed by atoms with Crippen molar-refractivity contribution >= 4 is 28.6 Å². The van der Waals surface area contributed by atoms with Gasteiger partial charge in [-0.3, -0.25) is 0 Å². The van der Waals surface area contributed by atoms with Gasteiger partial charge in [0.15, 0.2) is 0 Å². The van der Waals surface area contributed by atoms with E-state index >= 15 is 0 Å². The summed E-state index contributed by atoms with van der Waals surface area (Å²) in [5.74, 6) is -0.0933. The van der Waals surface area contributed by atoms with E-state index < -0.39 is 5.97 Å². The predicted octanol–water partition coefficient (Wildman–Crippen LogP) is 2.52. The highest BCUT2D eigenvalue weighted by Crippen LogP contribution is 2.21. The highest BCUT2D eigenvalue weighted by Gasteiger charge is 2.18. The lowest BCUT2D eigenvalue weighted by molar-refractivity contribution is 0.0684. The molecule has 0 atom stereocenters. The molecular weight excluding hydrogens is 343 g/mol. The van der Waals surface area contributed by atoms with Crippen molar-refractivity contribution in [2.45, 2.75) is 25.8 Å². The zero-order chi connectivity index (χ0) is 13.1. The van der Waals surface area contributed by atoms with Crippen molar-refractivity contribution in [3.63, 3.8) is 0 Å². The van der Waals surface area contributed by atoms with Crippen molar-refractivity contribution in [2.75, 3.05) is 20.1 Å². The maximum absolute atomic E-state index is 11.1. The molecule has 1 aromatic heterocycles. The lowest BCUT2D eigenvalue weighted by atomic mass is 9.94. The average Bonchev–Trinajstić information content (AvgIpc) is 2.70. The first kappa shape index (κ1) is 13.9. The molecule has 0 saturated carbocycles. The van der Waals surface area contributed by atoms with E-state index in [1.807, 2.05) is 10.8 Å². The molecule has 100 valence electrons. The highest BCUT2D eigenvalue weighted by molar-refractivity contribution is 14.1. The Balaban J connectivity index is 1.92. The summed E-state index contributed by atoms with van der Waals surface area (Å²) in [5.41, 5.74) is 0.410. The molecule has 0 bridgehead atoms. The van der Waals surface area contributed by atoms with Gasteiger partial charge in [-0.15, -0.1) is 0 Å². The number of likely N-dealkylation sites (tertiary alicyclic amines) is 1. The van der Waals surface area contributed by atoms with E-state index in [0.717, 1.165) is 22.5 Å². The molecule has 0 radical (unpaired) electrons. The Morgan fingerprint density at radius 2 is 2.17 bits per heavy atom. The lowest BCUT2D eigenvalue weighted by Crippen LogP contribution is -2.30. The second-order valence-electron chi connectivity index (χ2n) is 5.08. The third kappa shape index (κ3) is 3.47. The number of hydrogen-bond acceptors (Lipinski definition) is 2. The van der Waals surface area contributed by atoms with Crippen LogP contribution in [0.15, 0.2) is 12.3 Å². The second kappa shape index (κ2) is 6.06. The van der Waals surface area contributed by atoms with Crippen molar-refractivity contribution in [2.24, 2.45) is 5.92 Å². The third-order valence-electron chi connectivity index (χ3n) is 3.70. The van der Waals surface area contributed by atoms with E-state index in [2.05, 4.69) is 34.5 Å². The molecule has 1 aliphatic heterocycles. The van der Waals surface area contributed by atoms with Crippen LogP contribution in [0, 0.1) is 9.49 Å². The number of aromatic nitrogens is 1. The Kier molecular flexibility index (Phi) is 4.66. The normalized spacial score (nSPS) is 18.1. The molecule has 1 fully saturated rings. The van der Waals surface area contributed by atoms with Gasteiger partial charge in [0, 0.05) is 16.3 Å². The number of carbonyl (C=O) groups is 1. The molecule has 5 heteroatoms. The van der Waals surface area contributed by atoms with Gasteiger partial charge in [-0.05, 0) is 74.0 Å². The van der Waals surface area contributed by atoms with Crippen LogP contribution in [0.2, 0.25) is 0 Å². The number of aromatic carboxylic acids is 1. The minimum absolute atomic E-state index is 0.410. The Bertz CT molecular complexity index is 423. The molecule has 2 rings (SSSR count). The number of hydrogen-bond donors (Lipinski definition) is 1. The summed E-state index contributed by atoms with van der Waals surface area (Å²) in [6.07, 6.45) is 5.48. The zero-order valence-corrected chi connectivity index (χ0v) is 12.8. The molecule has 0 amide bonds. The van der Waals surface area contributed by atoms with Gasteiger partial charge in [0.05, 0.1) is 0 Å². The van der Waals surface area contributed by atoms with Gasteiger partial charge in [-0.2, -0.15) is 0 Å². The maximum atomic E-state index is 11.1. The van der Waals surface area contributed by atoms with Crippen molar-refractivity contribution in [3.8, 4) is 0 Å². The molecular formula is C13H19IN2O2. The summed E-state index contributed by atoms with van der Waals surface area (Å²) in [6.45, 7) is 3.15. The molecule has 0 unspecified atom stereocenters. The van der Waals surface area contributed by atoms with Crippen molar-refractivity contribution in [1.82, 2.24) is 9.47 Å². The van der Waals surface area contributed by atoms with E-state index in [1.54, 1.807) is 6.07 Å². The monoisotopic (exact) mass is 362 g/mol. The van der Waals surface area contributed by atoms with Crippen LogP contribution in [0.25, 0.3) is 0 Å². The Labute approximate surface area is 121 Å². The summed E-state index contributed by atoms with van der Waals surface area (Å²) in [4.78, 5) is 13.5. The van der Waals surface area contributed by atoms with Crippen LogP contribution in [0.3, 0.4) is 0 Å². The molecule has 1 aliphatic rings. The van der Waals surface area contributed by atoms with Crippen LogP contribution < -0.4 is 0 Å². The first-order valence-electron chi connectivity index (χ1n) is 6.34. The summed E-state index contributed by atoms with van der Waals surface area (Å²) in [6, 6.07) is 1.73. The van der Waals surface area contributed by atoms with Crippen molar-refractivity contribution in [1.29, 1.82) is 0 Å². The molecule has 0 aliphatic carbocycles. The quantitative estimate of drug-likeness (QED) is 0.838. The summed E-state index contributed by atoms with van der Waals surface area (Å²) in [7, 11) is 2.16. The fourth-order valence-electron chi connectivity index (χ4n) is 2.51. The lowest BCUT2D eigenvalue weighted by Gasteiger charge is -2.29. The minimum atomic E-state index is -0.832. The second-order valence-corrected chi connectivity index (χ2v) is 6.32. The van der Waals surface area contributed by atoms with Crippen LogP contribution in [0.1, 0.15) is 29.8 Å².